The number of furan rings is 2. The van der Waals surface area contributed by atoms with E-state index in [1.165, 1.54) is 27.3 Å². The maximum absolute atomic E-state index is 6.51. The van der Waals surface area contributed by atoms with Crippen LogP contribution < -0.4 is 4.90 Å². The van der Waals surface area contributed by atoms with Crippen LogP contribution in [0.5, 0.6) is 0 Å². The number of hydrogen-bond acceptors (Lipinski definition) is 3. The molecule has 53 heavy (non-hydrogen) atoms. The first-order chi connectivity index (χ1) is 26.3. The van der Waals surface area contributed by atoms with Gasteiger partial charge in [0.1, 0.15) is 22.3 Å². The van der Waals surface area contributed by atoms with Crippen molar-refractivity contribution in [2.45, 2.75) is 0 Å². The summed E-state index contributed by atoms with van der Waals surface area (Å²) in [6.45, 7) is 0. The van der Waals surface area contributed by atoms with E-state index < -0.39 is 0 Å². The molecule has 0 saturated heterocycles. The molecule has 0 saturated carbocycles. The molecular formula is C50H31NO2. The number of benzene rings is 9. The molecule has 0 aliphatic rings. The first kappa shape index (κ1) is 29.6. The first-order valence-corrected chi connectivity index (χ1v) is 18.0. The molecule has 2 aromatic heterocycles. The lowest BCUT2D eigenvalue weighted by atomic mass is 9.97. The van der Waals surface area contributed by atoms with E-state index in [4.69, 9.17) is 8.83 Å². The number of nitrogens with zero attached hydrogens (tertiary/aromatic N) is 1. The molecular weight excluding hydrogens is 647 g/mol. The summed E-state index contributed by atoms with van der Waals surface area (Å²) in [6.07, 6.45) is 0. The monoisotopic (exact) mass is 677 g/mol. The molecule has 3 heteroatoms. The lowest BCUT2D eigenvalue weighted by molar-refractivity contribution is 0.669. The Morgan fingerprint density at radius 2 is 0.887 bits per heavy atom. The first-order valence-electron chi connectivity index (χ1n) is 18.0. The van der Waals surface area contributed by atoms with Crippen LogP contribution in [0.15, 0.2) is 197 Å². The van der Waals surface area contributed by atoms with Crippen LogP contribution in [0.4, 0.5) is 17.1 Å². The molecule has 0 atom stereocenters. The average molecular weight is 678 g/mol. The topological polar surface area (TPSA) is 29.5 Å². The Kier molecular flexibility index (Phi) is 6.55. The molecule has 9 aromatic carbocycles. The van der Waals surface area contributed by atoms with Gasteiger partial charge in [0.25, 0.3) is 0 Å². The Balaban J connectivity index is 1.05. The predicted octanol–water partition coefficient (Wildman–Crippen LogP) is 14.6. The van der Waals surface area contributed by atoms with E-state index in [1.54, 1.807) is 0 Å². The van der Waals surface area contributed by atoms with Crippen LogP contribution in [-0.4, -0.2) is 0 Å². The van der Waals surface area contributed by atoms with Crippen LogP contribution in [0.3, 0.4) is 0 Å². The number of para-hydroxylation sites is 1. The van der Waals surface area contributed by atoms with Gasteiger partial charge in [-0.25, -0.2) is 0 Å². The maximum atomic E-state index is 6.51. The van der Waals surface area contributed by atoms with Crippen molar-refractivity contribution >= 4 is 82.5 Å². The van der Waals surface area contributed by atoms with Crippen LogP contribution >= 0.6 is 0 Å². The van der Waals surface area contributed by atoms with Gasteiger partial charge >= 0.3 is 0 Å². The molecule has 0 spiro atoms. The summed E-state index contributed by atoms with van der Waals surface area (Å²) < 4.78 is 12.7. The second kappa shape index (κ2) is 11.7. The molecule has 0 bridgehead atoms. The normalized spacial score (nSPS) is 11.8. The quantitative estimate of drug-likeness (QED) is 0.182. The van der Waals surface area contributed by atoms with E-state index in [9.17, 15) is 0 Å². The summed E-state index contributed by atoms with van der Waals surface area (Å²) >= 11 is 0. The second-order valence-electron chi connectivity index (χ2n) is 13.7. The summed E-state index contributed by atoms with van der Waals surface area (Å²) in [4.78, 5) is 2.33. The van der Waals surface area contributed by atoms with Crippen LogP contribution in [0, 0.1) is 0 Å². The smallest absolute Gasteiger partial charge is 0.143 e. The lowest BCUT2D eigenvalue weighted by Gasteiger charge is -2.26. The van der Waals surface area contributed by atoms with Gasteiger partial charge in [-0.3, -0.25) is 0 Å². The molecule has 11 aromatic rings. The third-order valence-corrected chi connectivity index (χ3v) is 10.7. The van der Waals surface area contributed by atoms with Gasteiger partial charge in [0, 0.05) is 44.0 Å². The van der Waals surface area contributed by atoms with E-state index in [0.29, 0.717) is 0 Å². The van der Waals surface area contributed by atoms with Crippen molar-refractivity contribution in [3.63, 3.8) is 0 Å². The summed E-state index contributed by atoms with van der Waals surface area (Å²) in [5, 5.41) is 9.28. The van der Waals surface area contributed by atoms with Gasteiger partial charge in [0.05, 0.1) is 0 Å². The van der Waals surface area contributed by atoms with Crippen molar-refractivity contribution in [2.24, 2.45) is 0 Å². The Hall–Kier alpha value is -7.10. The minimum Gasteiger partial charge on any atom is -0.456 e. The zero-order chi connectivity index (χ0) is 34.9. The highest BCUT2D eigenvalue weighted by atomic mass is 16.3. The Morgan fingerprint density at radius 1 is 0.321 bits per heavy atom. The largest absolute Gasteiger partial charge is 0.456 e. The Bertz CT molecular complexity index is 3160. The number of hydrogen-bond donors (Lipinski definition) is 0. The number of rotatable bonds is 5. The molecule has 248 valence electrons. The molecule has 0 amide bonds. The van der Waals surface area contributed by atoms with E-state index in [0.717, 1.165) is 77.5 Å². The molecule has 0 fully saturated rings. The van der Waals surface area contributed by atoms with Crippen molar-refractivity contribution in [1.29, 1.82) is 0 Å². The number of fused-ring (bicyclic) bond motifs is 9. The number of anilines is 3. The second-order valence-corrected chi connectivity index (χ2v) is 13.7. The fraction of sp³-hybridized carbons (Fsp3) is 0. The summed E-state index contributed by atoms with van der Waals surface area (Å²) in [6, 6.07) is 66.8. The molecule has 0 aliphatic heterocycles. The van der Waals surface area contributed by atoms with Crippen LogP contribution in [-0.2, 0) is 0 Å². The highest BCUT2D eigenvalue weighted by molar-refractivity contribution is 6.19. The van der Waals surface area contributed by atoms with Crippen molar-refractivity contribution in [3.05, 3.63) is 188 Å². The van der Waals surface area contributed by atoms with Crippen molar-refractivity contribution in [3.8, 4) is 22.3 Å². The summed E-state index contributed by atoms with van der Waals surface area (Å²) in [5.41, 5.74) is 11.5. The molecule has 3 nitrogen and oxygen atoms in total. The van der Waals surface area contributed by atoms with E-state index in [2.05, 4.69) is 181 Å². The van der Waals surface area contributed by atoms with Gasteiger partial charge in [-0.1, -0.05) is 127 Å². The van der Waals surface area contributed by atoms with Gasteiger partial charge in [0.15, 0.2) is 0 Å². The van der Waals surface area contributed by atoms with Crippen molar-refractivity contribution < 1.29 is 8.83 Å². The average Bonchev–Trinajstić information content (AvgIpc) is 3.80. The molecule has 11 rings (SSSR count). The predicted molar refractivity (Wildman–Crippen MR) is 222 cm³/mol. The van der Waals surface area contributed by atoms with Gasteiger partial charge < -0.3 is 13.7 Å². The minimum absolute atomic E-state index is 0.879. The van der Waals surface area contributed by atoms with E-state index >= 15 is 0 Å². The standard InChI is InChI=1S/C50H31NO2/c1-3-12-39-32(9-1)11-7-15-40(39)34-19-24-36(25-20-34)51(38-28-30-47-45(31-38)43-14-5-6-17-46(43)52-47)37-26-21-35(22-27-37)41-16-8-18-48-49(41)44-29-23-33-10-2-4-13-42(33)50(44)53-48/h1-31H. The summed E-state index contributed by atoms with van der Waals surface area (Å²) in [7, 11) is 0. The van der Waals surface area contributed by atoms with E-state index in [-0.39, 0.29) is 0 Å². The van der Waals surface area contributed by atoms with E-state index in [1.807, 2.05) is 12.1 Å². The minimum atomic E-state index is 0.879. The summed E-state index contributed by atoms with van der Waals surface area (Å²) in [5.74, 6) is 0. The maximum Gasteiger partial charge on any atom is 0.143 e. The Morgan fingerprint density at radius 3 is 1.68 bits per heavy atom. The molecule has 0 N–H and O–H groups in total. The van der Waals surface area contributed by atoms with Gasteiger partial charge in [-0.2, -0.15) is 0 Å². The fourth-order valence-corrected chi connectivity index (χ4v) is 8.15. The van der Waals surface area contributed by atoms with Crippen LogP contribution in [0.2, 0.25) is 0 Å². The lowest BCUT2D eigenvalue weighted by Crippen LogP contribution is -2.09. The fourth-order valence-electron chi connectivity index (χ4n) is 8.15. The van der Waals surface area contributed by atoms with Crippen LogP contribution in [0.1, 0.15) is 0 Å². The van der Waals surface area contributed by atoms with Gasteiger partial charge in [0.2, 0.25) is 0 Å². The molecule has 0 aliphatic carbocycles. The zero-order valence-electron chi connectivity index (χ0n) is 28.7. The molecule has 0 unspecified atom stereocenters. The van der Waals surface area contributed by atoms with Crippen molar-refractivity contribution in [2.75, 3.05) is 4.90 Å². The van der Waals surface area contributed by atoms with Crippen LogP contribution in [0.25, 0.3) is 87.7 Å². The van der Waals surface area contributed by atoms with Crippen molar-refractivity contribution in [1.82, 2.24) is 0 Å². The zero-order valence-corrected chi connectivity index (χ0v) is 28.7. The van der Waals surface area contributed by atoms with Gasteiger partial charge in [-0.05, 0) is 99.1 Å². The highest BCUT2D eigenvalue weighted by Gasteiger charge is 2.18. The van der Waals surface area contributed by atoms with Gasteiger partial charge in [-0.15, -0.1) is 0 Å². The molecule has 0 radical (unpaired) electrons. The highest BCUT2D eigenvalue weighted by Crippen LogP contribution is 2.43. The Labute approximate surface area is 305 Å². The SMILES string of the molecule is c1ccc2c(-c3ccc(N(c4ccc(-c5cccc6oc7c8ccccc8ccc7c56)cc4)c4ccc5oc6ccccc6c5c4)cc3)cccc2c1. The third-order valence-electron chi connectivity index (χ3n) is 10.7. The molecule has 2 heterocycles. The third kappa shape index (κ3) is 4.75.